The lowest BCUT2D eigenvalue weighted by molar-refractivity contribution is -0.191. The van der Waals surface area contributed by atoms with Crippen molar-refractivity contribution < 1.29 is 18.8 Å². The Balaban J connectivity index is 1.51. The predicted molar refractivity (Wildman–Crippen MR) is 146 cm³/mol. The Morgan fingerprint density at radius 2 is 1.79 bits per heavy atom. The molecule has 0 unspecified atom stereocenters. The van der Waals surface area contributed by atoms with Crippen LogP contribution in [0.25, 0.3) is 0 Å². The summed E-state index contributed by atoms with van der Waals surface area (Å²) in [5, 5.41) is 4.24. The molecule has 3 saturated carbocycles. The average molecular weight is 522 g/mol. The number of hydrogen-bond donors (Lipinski definition) is 0. The zero-order valence-corrected chi connectivity index (χ0v) is 24.8. The minimum absolute atomic E-state index is 0.0297. The Morgan fingerprint density at radius 3 is 2.47 bits per heavy atom. The number of nitrogens with zero attached hydrogens (tertiary/aromatic N) is 1. The molecular formula is C33H47NO4. The van der Waals surface area contributed by atoms with Gasteiger partial charge >= 0.3 is 5.97 Å². The number of allylic oxidation sites excluding steroid dienone is 2. The normalized spacial score (nSPS) is 47.0. The fourth-order valence-electron chi connectivity index (χ4n) is 11.1. The van der Waals surface area contributed by atoms with E-state index in [9.17, 15) is 9.59 Å². The first-order valence-electron chi connectivity index (χ1n) is 15.0. The van der Waals surface area contributed by atoms with Gasteiger partial charge in [0, 0.05) is 16.9 Å². The van der Waals surface area contributed by atoms with E-state index in [1.54, 1.807) is 0 Å². The molecule has 1 heterocycles. The van der Waals surface area contributed by atoms with Crippen molar-refractivity contribution >= 4 is 11.8 Å². The van der Waals surface area contributed by atoms with Crippen molar-refractivity contribution in [2.24, 2.45) is 44.8 Å². The van der Waals surface area contributed by atoms with Crippen molar-refractivity contribution in [2.45, 2.75) is 112 Å². The van der Waals surface area contributed by atoms with Crippen LogP contribution in [0.15, 0.2) is 22.4 Å². The monoisotopic (exact) mass is 521 g/mol. The number of ketones is 1. The van der Waals surface area contributed by atoms with Crippen molar-refractivity contribution in [2.75, 3.05) is 7.11 Å². The van der Waals surface area contributed by atoms with Gasteiger partial charge < -0.3 is 9.26 Å². The van der Waals surface area contributed by atoms with Crippen LogP contribution in [0.3, 0.4) is 0 Å². The van der Waals surface area contributed by atoms with Gasteiger partial charge in [-0.1, -0.05) is 59.2 Å². The summed E-state index contributed by atoms with van der Waals surface area (Å²) < 4.78 is 11.4. The molecule has 0 amide bonds. The summed E-state index contributed by atoms with van der Waals surface area (Å²) in [6.45, 7) is 16.5. The van der Waals surface area contributed by atoms with Gasteiger partial charge in [0.15, 0.2) is 5.78 Å². The fraction of sp³-hybridized carbons (Fsp3) is 0.788. The molecule has 1 aromatic heterocycles. The van der Waals surface area contributed by atoms with E-state index in [1.165, 1.54) is 18.2 Å². The topological polar surface area (TPSA) is 69.4 Å². The molecule has 0 saturated heterocycles. The number of ether oxygens (including phenoxy) is 1. The van der Waals surface area contributed by atoms with E-state index >= 15 is 0 Å². The molecular weight excluding hydrogens is 474 g/mol. The zero-order valence-electron chi connectivity index (χ0n) is 24.8. The van der Waals surface area contributed by atoms with Crippen molar-refractivity contribution in [3.8, 4) is 0 Å². The Kier molecular flexibility index (Phi) is 5.43. The highest BCUT2D eigenvalue weighted by molar-refractivity contribution is 5.96. The van der Waals surface area contributed by atoms with E-state index in [1.807, 2.05) is 6.20 Å². The van der Waals surface area contributed by atoms with Gasteiger partial charge in [0.2, 0.25) is 0 Å². The van der Waals surface area contributed by atoms with Crippen LogP contribution >= 0.6 is 0 Å². The van der Waals surface area contributed by atoms with E-state index in [4.69, 9.17) is 9.26 Å². The molecule has 5 aliphatic carbocycles. The van der Waals surface area contributed by atoms with Crippen LogP contribution in [0, 0.1) is 44.8 Å². The van der Waals surface area contributed by atoms with E-state index < -0.39 is 5.41 Å². The highest BCUT2D eigenvalue weighted by Gasteiger charge is 2.71. The molecule has 8 atom stereocenters. The summed E-state index contributed by atoms with van der Waals surface area (Å²) in [6, 6.07) is 0. The number of carbonyl (C=O) groups is 2. The lowest BCUT2D eigenvalue weighted by Crippen LogP contribution is -2.66. The Hall–Kier alpha value is -1.91. The second kappa shape index (κ2) is 7.85. The number of fused-ring (bicyclic) bond motifs is 8. The van der Waals surface area contributed by atoms with Gasteiger partial charge in [-0.05, 0) is 97.4 Å². The van der Waals surface area contributed by atoms with Gasteiger partial charge in [-0.2, -0.15) is 0 Å². The highest BCUT2D eigenvalue weighted by Crippen LogP contribution is 2.75. The number of esters is 1. The first-order chi connectivity index (χ1) is 17.7. The molecule has 5 heteroatoms. The van der Waals surface area contributed by atoms with Crippen molar-refractivity contribution in [3.63, 3.8) is 0 Å². The molecule has 5 nitrogen and oxygen atoms in total. The molecule has 0 aromatic carbocycles. The maximum atomic E-state index is 14.5. The van der Waals surface area contributed by atoms with Crippen LogP contribution in [0.1, 0.15) is 111 Å². The quantitative estimate of drug-likeness (QED) is 0.384. The van der Waals surface area contributed by atoms with Crippen LogP contribution in [-0.2, 0) is 26.2 Å². The van der Waals surface area contributed by atoms with Gasteiger partial charge in [-0.15, -0.1) is 0 Å². The lowest BCUT2D eigenvalue weighted by atomic mass is 9.34. The summed E-state index contributed by atoms with van der Waals surface area (Å²) in [4.78, 5) is 28.0. The summed E-state index contributed by atoms with van der Waals surface area (Å²) in [5.74, 6) is 1.52. The van der Waals surface area contributed by atoms with Crippen LogP contribution in [-0.4, -0.2) is 24.0 Å². The molecule has 208 valence electrons. The molecule has 0 spiro atoms. The second-order valence-electron chi connectivity index (χ2n) is 15.4. The molecule has 0 bridgehead atoms. The van der Waals surface area contributed by atoms with Crippen LogP contribution in [0.2, 0.25) is 0 Å². The van der Waals surface area contributed by atoms with E-state index in [-0.39, 0.29) is 50.7 Å². The standard InChI is InChI=1S/C33H47NO4/c1-9-29(4)23-10-11-31(6)24(30(23,5)17-20-19-34-38-26(20)29)16-22(35)25-21-18-28(2,3)12-14-33(21,27(36)37-8)15-13-32(25,31)7/h16,19,21,23,25H,9-15,17-18H2,1-8H3/t21-,23-,25-,29-,30-,31+,32+,33-/m0/s1. The SMILES string of the molecule is CC[C@]1(C)c2oncc2C[C@]2(C)C3=CC(=O)[C@@H]4[C@@H]5CC(C)(C)CC[C@]5(C(=O)OC)CC[C@@]4(C)[C@]3(C)CC[C@H]21. The van der Waals surface area contributed by atoms with Gasteiger partial charge in [-0.25, -0.2) is 0 Å². The van der Waals surface area contributed by atoms with Gasteiger partial charge in [0.05, 0.1) is 18.7 Å². The Labute approximate surface area is 228 Å². The Morgan fingerprint density at radius 1 is 1.08 bits per heavy atom. The highest BCUT2D eigenvalue weighted by atomic mass is 16.5. The molecule has 0 aliphatic heterocycles. The third-order valence-electron chi connectivity index (χ3n) is 13.5. The Bertz CT molecular complexity index is 1230. The van der Waals surface area contributed by atoms with Gasteiger partial charge in [0.1, 0.15) is 5.76 Å². The van der Waals surface area contributed by atoms with Crippen LogP contribution in [0.5, 0.6) is 0 Å². The molecule has 6 rings (SSSR count). The smallest absolute Gasteiger partial charge is 0.312 e. The molecule has 0 N–H and O–H groups in total. The molecule has 5 aliphatic rings. The summed E-state index contributed by atoms with van der Waals surface area (Å²) in [6.07, 6.45) is 12.5. The first kappa shape index (κ1) is 26.3. The van der Waals surface area contributed by atoms with Crippen molar-refractivity contribution in [1.82, 2.24) is 5.16 Å². The molecule has 38 heavy (non-hydrogen) atoms. The maximum Gasteiger partial charge on any atom is 0.312 e. The number of carbonyl (C=O) groups excluding carboxylic acids is 2. The van der Waals surface area contributed by atoms with E-state index in [0.29, 0.717) is 5.92 Å². The second-order valence-corrected chi connectivity index (χ2v) is 15.4. The van der Waals surface area contributed by atoms with E-state index in [2.05, 4.69) is 59.7 Å². The number of methoxy groups -OCH3 is 1. The van der Waals surface area contributed by atoms with Crippen molar-refractivity contribution in [3.05, 3.63) is 29.2 Å². The summed E-state index contributed by atoms with van der Waals surface area (Å²) >= 11 is 0. The average Bonchev–Trinajstić information content (AvgIpc) is 3.33. The van der Waals surface area contributed by atoms with Crippen LogP contribution < -0.4 is 0 Å². The minimum atomic E-state index is -0.532. The number of hydrogen-bond acceptors (Lipinski definition) is 5. The lowest BCUT2D eigenvalue weighted by Gasteiger charge is -2.69. The minimum Gasteiger partial charge on any atom is -0.469 e. The zero-order chi connectivity index (χ0) is 27.5. The van der Waals surface area contributed by atoms with E-state index in [0.717, 1.165) is 63.5 Å². The van der Waals surface area contributed by atoms with Gasteiger partial charge in [-0.3, -0.25) is 9.59 Å². The molecule has 3 fully saturated rings. The third-order valence-corrected chi connectivity index (χ3v) is 13.5. The first-order valence-corrected chi connectivity index (χ1v) is 15.0. The van der Waals surface area contributed by atoms with Crippen molar-refractivity contribution in [1.29, 1.82) is 0 Å². The number of rotatable bonds is 2. The molecule has 0 radical (unpaired) electrons. The fourth-order valence-corrected chi connectivity index (χ4v) is 11.1. The number of aromatic nitrogens is 1. The molecule has 1 aromatic rings. The van der Waals surface area contributed by atoms with Gasteiger partial charge in [0.25, 0.3) is 0 Å². The van der Waals surface area contributed by atoms with Crippen LogP contribution in [0.4, 0.5) is 0 Å². The largest absolute Gasteiger partial charge is 0.469 e. The summed E-state index contributed by atoms with van der Waals surface area (Å²) in [5.41, 5.74) is 1.66. The third kappa shape index (κ3) is 2.97. The summed E-state index contributed by atoms with van der Waals surface area (Å²) in [7, 11) is 1.53. The predicted octanol–water partition coefficient (Wildman–Crippen LogP) is 7.23. The maximum absolute atomic E-state index is 14.5.